The van der Waals surface area contributed by atoms with Gasteiger partial charge in [-0.1, -0.05) is 61.7 Å². The summed E-state index contributed by atoms with van der Waals surface area (Å²) >= 11 is 6.89. The van der Waals surface area contributed by atoms with Gasteiger partial charge in [-0.3, -0.25) is 0 Å². The summed E-state index contributed by atoms with van der Waals surface area (Å²) in [5, 5.41) is 42.6. The van der Waals surface area contributed by atoms with Gasteiger partial charge in [-0.05, 0) is 150 Å². The molecule has 1 heterocycles. The molecule has 4 aromatic carbocycles. The number of aromatic nitrogens is 3. The number of rotatable bonds is 12. The van der Waals surface area contributed by atoms with Gasteiger partial charge in [0.2, 0.25) is 0 Å². The van der Waals surface area contributed by atoms with Crippen LogP contribution in [-0.4, -0.2) is 14.8 Å². The molecule has 0 fully saturated rings. The van der Waals surface area contributed by atoms with Gasteiger partial charge in [0.25, 0.3) is 22.2 Å². The highest BCUT2D eigenvalue weighted by Crippen LogP contribution is 2.36. The summed E-state index contributed by atoms with van der Waals surface area (Å²) in [5.41, 5.74) is 7.49. The third-order valence-electron chi connectivity index (χ3n) is 13.1. The van der Waals surface area contributed by atoms with E-state index < -0.39 is 43.8 Å². The fourth-order valence-corrected chi connectivity index (χ4v) is 7.63. The number of nitriles is 4. The first-order valence-corrected chi connectivity index (χ1v) is 26.5. The third kappa shape index (κ3) is 17.2. The zero-order valence-corrected chi connectivity index (χ0v) is 50.1. The molecular formula is C62H71Br2N11. The summed E-state index contributed by atoms with van der Waals surface area (Å²) < 4.78 is 1.73. The van der Waals surface area contributed by atoms with Crippen molar-refractivity contribution in [2.75, 3.05) is 0 Å². The number of benzene rings is 4. The summed E-state index contributed by atoms with van der Waals surface area (Å²) in [5.74, 6) is 0. The topological polar surface area (TPSA) is 143 Å². The molecular weight excluding hydrogens is 1060 g/mol. The minimum absolute atomic E-state index is 0.515. The third-order valence-corrected chi connectivity index (χ3v) is 14.4. The maximum absolute atomic E-state index is 9.41. The fourth-order valence-electron chi connectivity index (χ4n) is 6.98. The lowest BCUT2D eigenvalue weighted by Gasteiger charge is -2.21. The number of halogens is 2. The van der Waals surface area contributed by atoms with E-state index >= 15 is 0 Å². The molecule has 1 aromatic heterocycles. The maximum atomic E-state index is 9.41. The number of alkyl halides is 2. The number of aryl methyl sites for hydroxylation is 1. The molecule has 0 unspecified atom stereocenters. The highest BCUT2D eigenvalue weighted by Gasteiger charge is 2.33. The van der Waals surface area contributed by atoms with Crippen LogP contribution in [0.3, 0.4) is 0 Å². The largest absolute Gasteiger partial charge is 0.306 e. The maximum Gasteiger partial charge on any atom is 0.252 e. The van der Waals surface area contributed by atoms with Crippen molar-refractivity contribution >= 4 is 31.9 Å². The summed E-state index contributed by atoms with van der Waals surface area (Å²) in [7, 11) is 0. The van der Waals surface area contributed by atoms with Gasteiger partial charge in [-0.25, -0.2) is 36.0 Å². The van der Waals surface area contributed by atoms with Crippen LogP contribution in [0.5, 0.6) is 0 Å². The predicted octanol–water partition coefficient (Wildman–Crippen LogP) is 16.3. The molecule has 0 bridgehead atoms. The van der Waals surface area contributed by atoms with Crippen molar-refractivity contribution in [2.24, 2.45) is 0 Å². The van der Waals surface area contributed by atoms with Gasteiger partial charge < -0.3 is 19.4 Å². The van der Waals surface area contributed by atoms with E-state index in [9.17, 15) is 21.0 Å². The molecule has 388 valence electrons. The molecule has 0 saturated heterocycles. The molecule has 0 N–H and O–H groups in total. The molecule has 0 aliphatic carbocycles. The summed E-state index contributed by atoms with van der Waals surface area (Å²) in [4.78, 5) is 18.6. The Labute approximate surface area is 465 Å². The quantitative estimate of drug-likeness (QED) is 0.0899. The zero-order valence-electron chi connectivity index (χ0n) is 46.9. The van der Waals surface area contributed by atoms with Gasteiger partial charge >= 0.3 is 0 Å². The van der Waals surface area contributed by atoms with Gasteiger partial charge in [-0.2, -0.15) is 26.1 Å². The van der Waals surface area contributed by atoms with Crippen molar-refractivity contribution in [3.63, 3.8) is 0 Å². The highest BCUT2D eigenvalue weighted by atomic mass is 79.9. The van der Waals surface area contributed by atoms with E-state index in [1.807, 2.05) is 190 Å². The van der Waals surface area contributed by atoms with Crippen molar-refractivity contribution in [1.29, 1.82) is 21.0 Å². The van der Waals surface area contributed by atoms with E-state index in [4.69, 9.17) is 26.3 Å². The first-order chi connectivity index (χ1) is 34.5. The van der Waals surface area contributed by atoms with Gasteiger partial charge in [0.15, 0.2) is 0 Å². The molecule has 13 heteroatoms. The molecule has 0 saturated carbocycles. The van der Waals surface area contributed by atoms with Crippen molar-refractivity contribution in [1.82, 2.24) is 14.8 Å². The first-order valence-electron chi connectivity index (χ1n) is 24.3. The molecule has 0 spiro atoms. The normalized spacial score (nSPS) is 11.7. The van der Waals surface area contributed by atoms with Crippen LogP contribution in [0.2, 0.25) is 0 Å². The van der Waals surface area contributed by atoms with E-state index in [-0.39, 0.29) is 0 Å². The van der Waals surface area contributed by atoms with E-state index in [1.165, 1.54) is 6.33 Å². The van der Waals surface area contributed by atoms with Crippen molar-refractivity contribution in [3.8, 4) is 24.3 Å². The second-order valence-corrected chi connectivity index (χ2v) is 24.0. The fraction of sp³-hybridized carbons (Fsp3) is 0.452. The van der Waals surface area contributed by atoms with E-state index in [0.29, 0.717) is 6.54 Å². The lowest BCUT2D eigenvalue weighted by Crippen LogP contribution is -2.19. The minimum atomic E-state index is -0.626. The predicted molar refractivity (Wildman–Crippen MR) is 308 cm³/mol. The molecule has 11 nitrogen and oxygen atoms in total. The van der Waals surface area contributed by atoms with Crippen LogP contribution in [0.25, 0.3) is 19.4 Å². The summed E-state index contributed by atoms with van der Waals surface area (Å²) in [6, 6.07) is 33.3. The Hall–Kier alpha value is -7.10. The van der Waals surface area contributed by atoms with Gasteiger partial charge in [0.05, 0.1) is 52.5 Å². The smallest absolute Gasteiger partial charge is 0.252 e. The van der Waals surface area contributed by atoms with E-state index in [0.717, 1.165) is 77.4 Å². The molecule has 0 radical (unpaired) electrons. The Morgan fingerprint density at radius 1 is 0.427 bits per heavy atom. The van der Waals surface area contributed by atoms with Gasteiger partial charge in [-0.15, -0.1) is 0 Å². The van der Waals surface area contributed by atoms with E-state index in [2.05, 4.69) is 85.6 Å². The monoisotopic (exact) mass is 1130 g/mol. The summed E-state index contributed by atoms with van der Waals surface area (Å²) in [6.45, 7) is 62.1. The molecule has 0 aliphatic rings. The number of hydrogen-bond donors (Lipinski definition) is 0. The molecule has 5 aromatic rings. The number of hydrogen-bond acceptors (Lipinski definition) is 6. The van der Waals surface area contributed by atoms with E-state index in [1.54, 1.807) is 11.0 Å². The van der Waals surface area contributed by atoms with Crippen LogP contribution >= 0.6 is 31.9 Å². The first kappa shape index (κ1) is 64.0. The average Bonchev–Trinajstić information content (AvgIpc) is 3.91. The van der Waals surface area contributed by atoms with Crippen LogP contribution < -0.4 is 0 Å². The Bertz CT molecular complexity index is 2890. The Balaban J connectivity index is 0.000000344. The van der Waals surface area contributed by atoms with Crippen molar-refractivity contribution in [3.05, 3.63) is 198 Å². The highest BCUT2D eigenvalue weighted by molar-refractivity contribution is 9.08. The molecule has 0 aliphatic heterocycles. The lowest BCUT2D eigenvalue weighted by atomic mass is 9.81. The standard InChI is InChI=1S/C17H19N5.2C15H17BrN2.C15H18N2/c1-16(2,10-18)14-6-13(9-22-12-20-11-21-22)7-15(8-14)17(3,4)19-5;2*1-14(2,10-17)12-6-11(9-16)7-13(8-12)15(3,4)18-5;1-11-7-12(14(2,3)10-16)9-13(8-11)15(4,5)17-6/h6-8,11-12H,9H2,1-4H3;2*6-8H,9H2,1-4H3;7-9H,1-5H3. The number of nitrogens with zero attached hydrogens (tertiary/aromatic N) is 11. The van der Waals surface area contributed by atoms with Crippen LogP contribution in [0.15, 0.2) is 85.5 Å². The second-order valence-electron chi connectivity index (χ2n) is 22.8. The molecule has 75 heavy (non-hydrogen) atoms. The van der Waals surface area contributed by atoms with Crippen LogP contribution in [-0.2, 0) is 61.0 Å². The SMILES string of the molecule is [C-]#[N+]C(C)(C)c1cc(C)cc(C(C)(C)C#N)c1.[C-]#[N+]C(C)(C)c1cc(CBr)cc(C(C)(C)C#N)c1.[C-]#[N+]C(C)(C)c1cc(CBr)cc(C(C)(C)C#N)c1.[C-]#[N+]C(C)(C)c1cc(Cn2cncn2)cc(C(C)(C)C#N)c1. The Morgan fingerprint density at radius 3 is 0.947 bits per heavy atom. The Kier molecular flexibility index (Phi) is 21.7. The zero-order chi connectivity index (χ0) is 57.6. The molecule has 0 atom stereocenters. The van der Waals surface area contributed by atoms with Gasteiger partial charge in [0, 0.05) is 88.3 Å². The van der Waals surface area contributed by atoms with Crippen LogP contribution in [0.4, 0.5) is 0 Å². The van der Waals surface area contributed by atoms with Crippen molar-refractivity contribution < 1.29 is 0 Å². The average molecular weight is 1130 g/mol. The Morgan fingerprint density at radius 2 is 0.680 bits per heavy atom. The lowest BCUT2D eigenvalue weighted by molar-refractivity contribution is 0.636. The second kappa shape index (κ2) is 25.4. The van der Waals surface area contributed by atoms with Crippen LogP contribution in [0.1, 0.15) is 178 Å². The van der Waals surface area contributed by atoms with Crippen LogP contribution in [0, 0.1) is 78.5 Å². The molecule has 5 rings (SSSR count). The van der Waals surface area contributed by atoms with Crippen molar-refractivity contribution in [2.45, 2.75) is 179 Å². The molecule has 0 amide bonds. The minimum Gasteiger partial charge on any atom is -0.306 e. The van der Waals surface area contributed by atoms with Gasteiger partial charge in [0.1, 0.15) is 12.7 Å². The summed E-state index contributed by atoms with van der Waals surface area (Å²) in [6.07, 6.45) is 3.15.